The number of carbonyl (C=O) groups excluding carboxylic acids is 2. The lowest BCUT2D eigenvalue weighted by Crippen LogP contribution is -2.44. The van der Waals surface area contributed by atoms with E-state index in [0.717, 1.165) is 11.6 Å². The van der Waals surface area contributed by atoms with Gasteiger partial charge in [0, 0.05) is 6.07 Å². The third kappa shape index (κ3) is 7.65. The Bertz CT molecular complexity index is 1570. The number of halogens is 3. The van der Waals surface area contributed by atoms with Crippen molar-refractivity contribution in [2.75, 3.05) is 0 Å². The van der Waals surface area contributed by atoms with Crippen LogP contribution in [0.25, 0.3) is 11.0 Å². The van der Waals surface area contributed by atoms with Gasteiger partial charge in [0.25, 0.3) is 5.76 Å². The summed E-state index contributed by atoms with van der Waals surface area (Å²) in [7, 11) is 0. The van der Waals surface area contributed by atoms with E-state index in [1.165, 1.54) is 36.4 Å². The van der Waals surface area contributed by atoms with Crippen molar-refractivity contribution in [1.82, 2.24) is 5.32 Å². The number of fused-ring (bicyclic) bond motifs is 1. The summed E-state index contributed by atoms with van der Waals surface area (Å²) < 4.78 is 62.4. The molecule has 0 aliphatic rings. The third-order valence-corrected chi connectivity index (χ3v) is 5.76. The van der Waals surface area contributed by atoms with Crippen molar-refractivity contribution in [3.8, 4) is 17.2 Å². The summed E-state index contributed by atoms with van der Waals surface area (Å²) in [5.74, 6) is -3.74. The highest BCUT2D eigenvalue weighted by Crippen LogP contribution is 2.38. The second-order valence-corrected chi connectivity index (χ2v) is 9.47. The molecule has 4 aromatic rings. The molecule has 1 N–H and O–H groups in total. The Hall–Kier alpha value is -4.80. The second-order valence-electron chi connectivity index (χ2n) is 9.47. The van der Waals surface area contributed by atoms with Crippen molar-refractivity contribution < 1.29 is 41.4 Å². The molecule has 8 nitrogen and oxygen atoms in total. The maximum Gasteiger partial charge on any atom is 0.453 e. The predicted octanol–water partition coefficient (Wildman–Crippen LogP) is 6.85. The lowest BCUT2D eigenvalue weighted by molar-refractivity contribution is -0.154. The molecule has 214 valence electrons. The fraction of sp³-hybridized carbons (Fsp3) is 0.233. The number of alkyl carbamates (subject to hydrolysis) is 1. The van der Waals surface area contributed by atoms with E-state index in [1.807, 2.05) is 19.9 Å². The summed E-state index contributed by atoms with van der Waals surface area (Å²) in [6.45, 7) is 3.64. The SMILES string of the molecule is CC(C)C[C@H](NC(=O)OCc1ccccc1)C(=O)Oc1ccc2c(=O)c(Oc3ccccc3)c(C(F)(F)F)oc2c1. The highest BCUT2D eigenvalue weighted by Gasteiger charge is 2.40. The molecule has 1 amide bonds. The number of ether oxygens (including phenoxy) is 3. The van der Waals surface area contributed by atoms with E-state index >= 15 is 0 Å². The average Bonchev–Trinajstić information content (AvgIpc) is 2.93. The van der Waals surface area contributed by atoms with Crippen LogP contribution in [0.3, 0.4) is 0 Å². The molecule has 0 saturated carbocycles. The number of esters is 1. The molecule has 4 rings (SSSR count). The molecule has 0 aliphatic carbocycles. The number of rotatable bonds is 9. The summed E-state index contributed by atoms with van der Waals surface area (Å²) >= 11 is 0. The van der Waals surface area contributed by atoms with Crippen molar-refractivity contribution in [1.29, 1.82) is 0 Å². The Labute approximate surface area is 232 Å². The van der Waals surface area contributed by atoms with E-state index in [2.05, 4.69) is 5.32 Å². The zero-order valence-electron chi connectivity index (χ0n) is 22.1. The number of alkyl halides is 3. The zero-order valence-corrected chi connectivity index (χ0v) is 22.1. The van der Waals surface area contributed by atoms with Gasteiger partial charge in [0.15, 0.2) is 0 Å². The molecular formula is C30H26F3NO7. The molecule has 0 saturated heterocycles. The summed E-state index contributed by atoms with van der Waals surface area (Å²) in [5, 5.41) is 2.25. The average molecular weight is 570 g/mol. The Kier molecular flexibility index (Phi) is 8.96. The van der Waals surface area contributed by atoms with Crippen molar-refractivity contribution in [2.45, 2.75) is 39.1 Å². The molecule has 11 heteroatoms. The fourth-order valence-corrected chi connectivity index (χ4v) is 3.89. The Balaban J connectivity index is 1.56. The second kappa shape index (κ2) is 12.6. The van der Waals surface area contributed by atoms with E-state index in [1.54, 1.807) is 30.3 Å². The standard InChI is InChI=1S/C30H26F3NO7/c1-18(2)15-23(34-29(37)38-17-19-9-5-3-6-10-19)28(36)40-21-13-14-22-24(16-21)41-27(30(31,32)33)26(25(22)35)39-20-11-7-4-8-12-20/h3-14,16,18,23H,15,17H2,1-2H3,(H,34,37)/t23-/m0/s1. The van der Waals surface area contributed by atoms with Gasteiger partial charge >= 0.3 is 18.2 Å². The van der Waals surface area contributed by atoms with Crippen molar-refractivity contribution in [3.63, 3.8) is 0 Å². The first-order chi connectivity index (χ1) is 19.5. The van der Waals surface area contributed by atoms with Crippen LogP contribution in [-0.4, -0.2) is 18.1 Å². The number of benzene rings is 3. The first-order valence-corrected chi connectivity index (χ1v) is 12.6. The fourth-order valence-electron chi connectivity index (χ4n) is 3.89. The summed E-state index contributed by atoms with van der Waals surface area (Å²) in [4.78, 5) is 38.3. The van der Waals surface area contributed by atoms with E-state index < -0.39 is 46.8 Å². The highest BCUT2D eigenvalue weighted by molar-refractivity contribution is 5.85. The number of nitrogens with one attached hydrogen (secondary N) is 1. The van der Waals surface area contributed by atoms with Crippen LogP contribution in [-0.2, 0) is 22.3 Å². The molecule has 1 atom stereocenters. The molecule has 41 heavy (non-hydrogen) atoms. The molecule has 0 unspecified atom stereocenters. The van der Waals surface area contributed by atoms with E-state index in [0.29, 0.717) is 0 Å². The Morgan fingerprint density at radius 2 is 1.59 bits per heavy atom. The van der Waals surface area contributed by atoms with Crippen molar-refractivity contribution in [3.05, 3.63) is 100 Å². The lowest BCUT2D eigenvalue weighted by Gasteiger charge is -2.19. The first-order valence-electron chi connectivity index (χ1n) is 12.6. The monoisotopic (exact) mass is 569 g/mol. The molecule has 0 fully saturated rings. The molecule has 3 aromatic carbocycles. The van der Waals surface area contributed by atoms with Crippen LogP contribution in [0.2, 0.25) is 0 Å². The van der Waals surface area contributed by atoms with Gasteiger partial charge in [-0.15, -0.1) is 0 Å². The van der Waals surface area contributed by atoms with Gasteiger partial charge in [0.05, 0.1) is 5.39 Å². The number of para-hydroxylation sites is 1. The van der Waals surface area contributed by atoms with E-state index in [9.17, 15) is 27.6 Å². The summed E-state index contributed by atoms with van der Waals surface area (Å²) in [6, 6.07) is 18.7. The molecule has 0 radical (unpaired) electrons. The molecule has 1 aromatic heterocycles. The largest absolute Gasteiger partial charge is 0.453 e. The van der Waals surface area contributed by atoms with Gasteiger partial charge in [-0.05, 0) is 42.2 Å². The van der Waals surface area contributed by atoms with Gasteiger partial charge in [-0.3, -0.25) is 4.79 Å². The topological polar surface area (TPSA) is 104 Å². The van der Waals surface area contributed by atoms with Gasteiger partial charge in [0.1, 0.15) is 29.7 Å². The molecular weight excluding hydrogens is 543 g/mol. The number of amides is 1. The minimum atomic E-state index is -5.06. The van der Waals surface area contributed by atoms with Crippen LogP contribution < -0.4 is 20.2 Å². The predicted molar refractivity (Wildman–Crippen MR) is 143 cm³/mol. The summed E-state index contributed by atoms with van der Waals surface area (Å²) in [5.41, 5.74) is -0.775. The van der Waals surface area contributed by atoms with E-state index in [-0.39, 0.29) is 35.8 Å². The summed E-state index contributed by atoms with van der Waals surface area (Å²) in [6.07, 6.45) is -5.71. The quantitative estimate of drug-likeness (QED) is 0.174. The molecule has 0 aliphatic heterocycles. The van der Waals surface area contributed by atoms with Gasteiger partial charge in [-0.25, -0.2) is 9.59 Å². The van der Waals surface area contributed by atoms with Crippen LogP contribution in [0.4, 0.5) is 18.0 Å². The smallest absolute Gasteiger partial charge is 0.449 e. The zero-order chi connectivity index (χ0) is 29.6. The van der Waals surface area contributed by atoms with Crippen molar-refractivity contribution in [2.24, 2.45) is 5.92 Å². The highest BCUT2D eigenvalue weighted by atomic mass is 19.4. The van der Waals surface area contributed by atoms with Crippen LogP contribution in [0.5, 0.6) is 17.2 Å². The third-order valence-electron chi connectivity index (χ3n) is 5.76. The van der Waals surface area contributed by atoms with Gasteiger partial charge < -0.3 is 23.9 Å². The number of hydrogen-bond donors (Lipinski definition) is 1. The van der Waals surface area contributed by atoms with Crippen molar-refractivity contribution >= 4 is 23.0 Å². The maximum atomic E-state index is 13.8. The molecule has 0 bridgehead atoms. The van der Waals surface area contributed by atoms with Gasteiger partial charge in [-0.1, -0.05) is 62.4 Å². The van der Waals surface area contributed by atoms with E-state index in [4.69, 9.17) is 18.6 Å². The maximum absolute atomic E-state index is 13.8. The minimum absolute atomic E-state index is 0.0150. The number of carbonyl (C=O) groups is 2. The molecule has 1 heterocycles. The van der Waals surface area contributed by atoms with Crippen LogP contribution in [0.15, 0.2) is 88.1 Å². The Morgan fingerprint density at radius 3 is 2.22 bits per heavy atom. The lowest BCUT2D eigenvalue weighted by atomic mass is 10.0. The van der Waals surface area contributed by atoms with Gasteiger partial charge in [0.2, 0.25) is 11.2 Å². The van der Waals surface area contributed by atoms with Crippen LogP contribution >= 0.6 is 0 Å². The normalized spacial score (nSPS) is 12.1. The first kappa shape index (κ1) is 29.2. The van der Waals surface area contributed by atoms with Gasteiger partial charge in [-0.2, -0.15) is 13.2 Å². The van der Waals surface area contributed by atoms with Crippen LogP contribution in [0, 0.1) is 5.92 Å². The molecule has 0 spiro atoms. The minimum Gasteiger partial charge on any atom is -0.449 e. The Morgan fingerprint density at radius 1 is 0.927 bits per heavy atom. The van der Waals surface area contributed by atoms with Crippen LogP contribution in [0.1, 0.15) is 31.6 Å². The number of hydrogen-bond acceptors (Lipinski definition) is 7.